The molecule has 0 amide bonds. The first-order chi connectivity index (χ1) is 7.65. The molecule has 4 nitrogen and oxygen atoms in total. The average Bonchev–Trinajstić information content (AvgIpc) is 2.83. The fourth-order valence-corrected chi connectivity index (χ4v) is 2.60. The molecule has 0 bridgehead atoms. The highest BCUT2D eigenvalue weighted by Crippen LogP contribution is 2.24. The molecule has 6 heteroatoms. The first kappa shape index (κ1) is 11.6. The minimum Gasteiger partial charge on any atom is -0.308 e. The molecule has 0 fully saturated rings. The highest BCUT2D eigenvalue weighted by atomic mass is 32.1. The van der Waals surface area contributed by atoms with Crippen LogP contribution in [-0.4, -0.2) is 21.2 Å². The van der Waals surface area contributed by atoms with E-state index in [1.54, 1.807) is 22.7 Å². The van der Waals surface area contributed by atoms with Crippen molar-refractivity contribution in [3.05, 3.63) is 15.4 Å². The Labute approximate surface area is 103 Å². The van der Waals surface area contributed by atoms with Gasteiger partial charge in [0.15, 0.2) is 5.01 Å². The predicted molar refractivity (Wildman–Crippen MR) is 67.7 cm³/mol. The van der Waals surface area contributed by atoms with Crippen molar-refractivity contribution < 1.29 is 0 Å². The lowest BCUT2D eigenvalue weighted by molar-refractivity contribution is 0.585. The Morgan fingerprint density at radius 2 is 2.19 bits per heavy atom. The van der Waals surface area contributed by atoms with E-state index in [2.05, 4.69) is 34.3 Å². The third kappa shape index (κ3) is 2.84. The predicted octanol–water partition coefficient (Wildman–Crippen LogP) is 2.47. The van der Waals surface area contributed by atoms with Crippen molar-refractivity contribution in [2.45, 2.75) is 33.4 Å². The van der Waals surface area contributed by atoms with E-state index in [1.165, 1.54) is 0 Å². The molecule has 0 spiro atoms. The summed E-state index contributed by atoms with van der Waals surface area (Å²) >= 11 is 3.24. The van der Waals surface area contributed by atoms with Crippen LogP contribution in [-0.2, 0) is 6.54 Å². The molecular formula is C10H14N4S2. The molecule has 86 valence electrons. The van der Waals surface area contributed by atoms with Crippen molar-refractivity contribution in [1.82, 2.24) is 20.5 Å². The molecule has 0 aliphatic carbocycles. The third-order valence-corrected chi connectivity index (χ3v) is 3.69. The van der Waals surface area contributed by atoms with Gasteiger partial charge in [0, 0.05) is 18.0 Å². The number of rotatable bonds is 4. The molecular weight excluding hydrogens is 240 g/mol. The van der Waals surface area contributed by atoms with Gasteiger partial charge in [-0.1, -0.05) is 25.2 Å². The minimum atomic E-state index is 0.467. The summed E-state index contributed by atoms with van der Waals surface area (Å²) in [4.78, 5) is 4.40. The van der Waals surface area contributed by atoms with Gasteiger partial charge in [-0.25, -0.2) is 4.98 Å². The van der Waals surface area contributed by atoms with E-state index in [0.29, 0.717) is 6.04 Å². The molecule has 0 unspecified atom stereocenters. The van der Waals surface area contributed by atoms with Gasteiger partial charge >= 0.3 is 0 Å². The van der Waals surface area contributed by atoms with Crippen LogP contribution < -0.4 is 5.32 Å². The van der Waals surface area contributed by atoms with Crippen LogP contribution in [0.25, 0.3) is 10.7 Å². The number of nitrogens with one attached hydrogen (secondary N) is 1. The molecule has 0 radical (unpaired) electrons. The van der Waals surface area contributed by atoms with Crippen molar-refractivity contribution in [2.75, 3.05) is 0 Å². The van der Waals surface area contributed by atoms with Gasteiger partial charge in [-0.15, -0.1) is 21.5 Å². The second kappa shape index (κ2) is 4.99. The van der Waals surface area contributed by atoms with E-state index in [-0.39, 0.29) is 0 Å². The van der Waals surface area contributed by atoms with Crippen LogP contribution in [0.4, 0.5) is 0 Å². The standard InChI is InChI=1S/C10H14N4S2/c1-6(2)11-4-9-13-14-10(16-9)8-5-15-7(3)12-8/h5-6,11H,4H2,1-3H3. The van der Waals surface area contributed by atoms with E-state index in [0.717, 1.165) is 27.3 Å². The van der Waals surface area contributed by atoms with Crippen LogP contribution in [0.3, 0.4) is 0 Å². The van der Waals surface area contributed by atoms with Gasteiger partial charge < -0.3 is 5.32 Å². The molecule has 16 heavy (non-hydrogen) atoms. The summed E-state index contributed by atoms with van der Waals surface area (Å²) in [6.07, 6.45) is 0. The van der Waals surface area contributed by atoms with E-state index in [9.17, 15) is 0 Å². The molecule has 0 saturated heterocycles. The SMILES string of the molecule is Cc1nc(-c2nnc(CNC(C)C)s2)cs1. The van der Waals surface area contributed by atoms with Gasteiger partial charge in [0.2, 0.25) is 0 Å². The van der Waals surface area contributed by atoms with Crippen LogP contribution in [0.15, 0.2) is 5.38 Å². The number of hydrogen-bond donors (Lipinski definition) is 1. The zero-order valence-corrected chi connectivity index (χ0v) is 11.2. The molecule has 0 atom stereocenters. The molecule has 0 saturated carbocycles. The second-order valence-corrected chi connectivity index (χ2v) is 5.91. The molecule has 0 aliphatic heterocycles. The molecule has 2 aromatic heterocycles. The fraction of sp³-hybridized carbons (Fsp3) is 0.500. The van der Waals surface area contributed by atoms with Gasteiger partial charge in [0.25, 0.3) is 0 Å². The summed E-state index contributed by atoms with van der Waals surface area (Å²) in [5.74, 6) is 0. The quantitative estimate of drug-likeness (QED) is 0.910. The molecule has 2 rings (SSSR count). The summed E-state index contributed by atoms with van der Waals surface area (Å²) in [6, 6.07) is 0.467. The number of hydrogen-bond acceptors (Lipinski definition) is 6. The minimum absolute atomic E-state index is 0.467. The van der Waals surface area contributed by atoms with Crippen molar-refractivity contribution in [2.24, 2.45) is 0 Å². The maximum absolute atomic E-state index is 4.40. The summed E-state index contributed by atoms with van der Waals surface area (Å²) in [7, 11) is 0. The van der Waals surface area contributed by atoms with Crippen LogP contribution in [0.1, 0.15) is 23.9 Å². The van der Waals surface area contributed by atoms with Crippen molar-refractivity contribution in [3.63, 3.8) is 0 Å². The van der Waals surface area contributed by atoms with E-state index < -0.39 is 0 Å². The Morgan fingerprint density at radius 1 is 1.38 bits per heavy atom. The zero-order valence-electron chi connectivity index (χ0n) is 9.52. The van der Waals surface area contributed by atoms with E-state index in [4.69, 9.17) is 0 Å². The van der Waals surface area contributed by atoms with Crippen LogP contribution in [0.5, 0.6) is 0 Å². The Hall–Kier alpha value is -0.850. The van der Waals surface area contributed by atoms with Gasteiger partial charge in [-0.05, 0) is 6.92 Å². The highest BCUT2D eigenvalue weighted by Gasteiger charge is 2.09. The van der Waals surface area contributed by atoms with Crippen LogP contribution in [0, 0.1) is 6.92 Å². The zero-order chi connectivity index (χ0) is 11.5. The third-order valence-electron chi connectivity index (χ3n) is 1.97. The lowest BCUT2D eigenvalue weighted by Crippen LogP contribution is -2.21. The van der Waals surface area contributed by atoms with Crippen LogP contribution in [0.2, 0.25) is 0 Å². The van der Waals surface area contributed by atoms with Crippen LogP contribution >= 0.6 is 22.7 Å². The fourth-order valence-electron chi connectivity index (χ4n) is 1.18. The van der Waals surface area contributed by atoms with E-state index >= 15 is 0 Å². The smallest absolute Gasteiger partial charge is 0.167 e. The number of nitrogens with zero attached hydrogens (tertiary/aromatic N) is 3. The maximum Gasteiger partial charge on any atom is 0.167 e. The number of thiazole rings is 1. The Kier molecular flexibility index (Phi) is 3.63. The lowest BCUT2D eigenvalue weighted by atomic mass is 10.4. The first-order valence-corrected chi connectivity index (χ1v) is 6.83. The maximum atomic E-state index is 4.40. The molecule has 2 aromatic rings. The van der Waals surface area contributed by atoms with Crippen molar-refractivity contribution in [3.8, 4) is 10.7 Å². The van der Waals surface area contributed by atoms with Gasteiger partial charge in [-0.3, -0.25) is 0 Å². The Balaban J connectivity index is 2.07. The highest BCUT2D eigenvalue weighted by molar-refractivity contribution is 7.15. The Bertz CT molecular complexity index is 461. The summed E-state index contributed by atoms with van der Waals surface area (Å²) in [5.41, 5.74) is 0.941. The van der Waals surface area contributed by atoms with E-state index in [1.807, 2.05) is 12.3 Å². The summed E-state index contributed by atoms with van der Waals surface area (Å²) in [5, 5.41) is 16.6. The first-order valence-electron chi connectivity index (χ1n) is 5.13. The average molecular weight is 254 g/mol. The molecule has 0 aromatic carbocycles. The second-order valence-electron chi connectivity index (χ2n) is 3.79. The lowest BCUT2D eigenvalue weighted by Gasteiger charge is -2.03. The van der Waals surface area contributed by atoms with Gasteiger partial charge in [0.1, 0.15) is 10.7 Å². The van der Waals surface area contributed by atoms with Crippen molar-refractivity contribution in [1.29, 1.82) is 0 Å². The Morgan fingerprint density at radius 3 is 2.81 bits per heavy atom. The molecule has 1 N–H and O–H groups in total. The van der Waals surface area contributed by atoms with Gasteiger partial charge in [0.05, 0.1) is 5.01 Å². The molecule has 2 heterocycles. The monoisotopic (exact) mass is 254 g/mol. The summed E-state index contributed by atoms with van der Waals surface area (Å²) in [6.45, 7) is 7.01. The topological polar surface area (TPSA) is 50.7 Å². The van der Waals surface area contributed by atoms with Crippen molar-refractivity contribution >= 4 is 22.7 Å². The number of aryl methyl sites for hydroxylation is 1. The van der Waals surface area contributed by atoms with Gasteiger partial charge in [-0.2, -0.15) is 0 Å². The summed E-state index contributed by atoms with van der Waals surface area (Å²) < 4.78 is 0. The normalized spacial score (nSPS) is 11.2. The number of aromatic nitrogens is 3. The molecule has 0 aliphatic rings. The largest absolute Gasteiger partial charge is 0.308 e.